The van der Waals surface area contributed by atoms with Gasteiger partial charge in [0.25, 0.3) is 0 Å². The normalized spacial score (nSPS) is 21.3. The van der Waals surface area contributed by atoms with Gasteiger partial charge in [0.05, 0.1) is 19.8 Å². The van der Waals surface area contributed by atoms with Crippen LogP contribution < -0.4 is 0 Å². The number of Topliss-reactive ketones (excluding diaryl/α,β-unsaturated/α-hetero) is 1. The van der Waals surface area contributed by atoms with Gasteiger partial charge >= 0.3 is 6.16 Å². The molecule has 0 spiro atoms. The van der Waals surface area contributed by atoms with E-state index in [2.05, 4.69) is 4.74 Å². The Bertz CT molecular complexity index is 471. The summed E-state index contributed by atoms with van der Waals surface area (Å²) in [5.74, 6) is -0.274. The number of carbonyl (C=O) groups is 2. The molecular weight excluding hydrogens is 272 g/mol. The van der Waals surface area contributed by atoms with E-state index in [0.29, 0.717) is 26.1 Å². The zero-order valence-electron chi connectivity index (χ0n) is 12.1. The molecule has 1 fully saturated rings. The molecule has 5 nitrogen and oxygen atoms in total. The second kappa shape index (κ2) is 7.78. The summed E-state index contributed by atoms with van der Waals surface area (Å²) in [7, 11) is 0. The van der Waals surface area contributed by atoms with E-state index in [4.69, 9.17) is 9.47 Å². The fraction of sp³-hybridized carbons (Fsp3) is 0.500. The van der Waals surface area contributed by atoms with E-state index in [9.17, 15) is 9.59 Å². The largest absolute Gasteiger partial charge is 0.508 e. The van der Waals surface area contributed by atoms with Crippen molar-refractivity contribution in [2.45, 2.75) is 32.5 Å². The third kappa shape index (κ3) is 4.56. The van der Waals surface area contributed by atoms with Crippen LogP contribution in [0.15, 0.2) is 30.3 Å². The summed E-state index contributed by atoms with van der Waals surface area (Å²) in [5.41, 5.74) is 1.07. The molecule has 2 atom stereocenters. The van der Waals surface area contributed by atoms with Crippen LogP contribution in [0.1, 0.15) is 25.3 Å². The molecule has 1 aromatic rings. The monoisotopic (exact) mass is 292 g/mol. The smallest absolute Gasteiger partial charge is 0.435 e. The summed E-state index contributed by atoms with van der Waals surface area (Å²) in [6.07, 6.45) is -0.245. The van der Waals surface area contributed by atoms with Gasteiger partial charge in [0.2, 0.25) is 0 Å². The minimum atomic E-state index is -0.776. The fourth-order valence-electron chi connectivity index (χ4n) is 2.34. The van der Waals surface area contributed by atoms with Crippen LogP contribution in [0.2, 0.25) is 0 Å². The Morgan fingerprint density at radius 1 is 1.24 bits per heavy atom. The first-order valence-electron chi connectivity index (χ1n) is 7.19. The van der Waals surface area contributed by atoms with Crippen LogP contribution in [0.25, 0.3) is 0 Å². The molecule has 0 aliphatic heterocycles. The van der Waals surface area contributed by atoms with E-state index in [1.807, 2.05) is 30.3 Å². The number of hydrogen-bond donors (Lipinski definition) is 0. The zero-order chi connectivity index (χ0) is 15.1. The van der Waals surface area contributed by atoms with E-state index in [1.54, 1.807) is 6.92 Å². The summed E-state index contributed by atoms with van der Waals surface area (Å²) < 4.78 is 15.3. The van der Waals surface area contributed by atoms with Crippen molar-refractivity contribution >= 4 is 11.9 Å². The minimum Gasteiger partial charge on any atom is -0.435 e. The third-order valence-corrected chi connectivity index (χ3v) is 3.43. The van der Waals surface area contributed by atoms with Crippen LogP contribution >= 0.6 is 0 Å². The van der Waals surface area contributed by atoms with Gasteiger partial charge in [0.15, 0.2) is 11.9 Å². The molecule has 0 bridgehead atoms. The maximum Gasteiger partial charge on any atom is 0.508 e. The molecule has 0 aromatic heterocycles. The molecule has 1 aromatic carbocycles. The Kier molecular flexibility index (Phi) is 5.75. The average Bonchev–Trinajstić information content (AvgIpc) is 2.82. The van der Waals surface area contributed by atoms with Crippen molar-refractivity contribution in [1.29, 1.82) is 0 Å². The molecule has 1 aliphatic carbocycles. The van der Waals surface area contributed by atoms with Crippen molar-refractivity contribution in [3.05, 3.63) is 35.9 Å². The average molecular weight is 292 g/mol. The van der Waals surface area contributed by atoms with E-state index in [0.717, 1.165) is 5.56 Å². The first kappa shape index (κ1) is 15.5. The molecule has 1 saturated carbocycles. The molecule has 1 aliphatic rings. The van der Waals surface area contributed by atoms with Crippen LogP contribution in [-0.2, 0) is 25.6 Å². The first-order chi connectivity index (χ1) is 10.2. The van der Waals surface area contributed by atoms with Gasteiger partial charge < -0.3 is 14.2 Å². The predicted molar refractivity (Wildman–Crippen MR) is 75.7 cm³/mol. The number of hydrogen-bond acceptors (Lipinski definition) is 5. The summed E-state index contributed by atoms with van der Waals surface area (Å²) >= 11 is 0. The quantitative estimate of drug-likeness (QED) is 0.754. The molecule has 2 rings (SSSR count). The van der Waals surface area contributed by atoms with E-state index in [1.165, 1.54) is 0 Å². The van der Waals surface area contributed by atoms with Gasteiger partial charge in [0, 0.05) is 5.92 Å². The number of ether oxygens (including phenoxy) is 3. The van der Waals surface area contributed by atoms with Crippen molar-refractivity contribution in [1.82, 2.24) is 0 Å². The lowest BCUT2D eigenvalue weighted by Gasteiger charge is -2.12. The molecule has 5 heteroatoms. The molecule has 0 amide bonds. The zero-order valence-corrected chi connectivity index (χ0v) is 12.1. The molecule has 0 radical (unpaired) electrons. The standard InChI is InChI=1S/C16H20O5/c1-2-20-16(18)21-14-9-8-13(15(14)17)11-19-10-12-6-4-3-5-7-12/h3-7,13-14H,2,8-11H2,1H3. The second-order valence-electron chi connectivity index (χ2n) is 4.97. The molecule has 21 heavy (non-hydrogen) atoms. The Balaban J connectivity index is 1.73. The Morgan fingerprint density at radius 3 is 2.71 bits per heavy atom. The van der Waals surface area contributed by atoms with Crippen molar-refractivity contribution < 1.29 is 23.8 Å². The minimum absolute atomic E-state index is 0.0730. The molecule has 114 valence electrons. The van der Waals surface area contributed by atoms with Gasteiger partial charge in [-0.05, 0) is 25.3 Å². The molecule has 0 saturated heterocycles. The highest BCUT2D eigenvalue weighted by Crippen LogP contribution is 2.25. The van der Waals surface area contributed by atoms with Gasteiger partial charge in [0.1, 0.15) is 0 Å². The summed E-state index contributed by atoms with van der Waals surface area (Å²) in [6, 6.07) is 9.79. The fourth-order valence-corrected chi connectivity index (χ4v) is 2.34. The first-order valence-corrected chi connectivity index (χ1v) is 7.19. The Labute approximate surface area is 124 Å². The van der Waals surface area contributed by atoms with Crippen LogP contribution in [0.3, 0.4) is 0 Å². The highest BCUT2D eigenvalue weighted by Gasteiger charge is 2.37. The number of carbonyl (C=O) groups excluding carboxylic acids is 2. The highest BCUT2D eigenvalue weighted by atomic mass is 16.7. The van der Waals surface area contributed by atoms with Crippen LogP contribution in [0, 0.1) is 5.92 Å². The van der Waals surface area contributed by atoms with E-state index < -0.39 is 12.3 Å². The molecular formula is C16H20O5. The van der Waals surface area contributed by atoms with Gasteiger partial charge in [-0.25, -0.2) is 4.79 Å². The lowest BCUT2D eigenvalue weighted by molar-refractivity contribution is -0.130. The lowest BCUT2D eigenvalue weighted by atomic mass is 10.1. The van der Waals surface area contributed by atoms with E-state index in [-0.39, 0.29) is 18.3 Å². The molecule has 2 unspecified atom stereocenters. The highest BCUT2D eigenvalue weighted by molar-refractivity contribution is 5.88. The predicted octanol–water partition coefficient (Wildman–Crippen LogP) is 2.72. The summed E-state index contributed by atoms with van der Waals surface area (Å²) in [4.78, 5) is 23.3. The van der Waals surface area contributed by atoms with Crippen molar-refractivity contribution in [2.75, 3.05) is 13.2 Å². The maximum absolute atomic E-state index is 12.1. The van der Waals surface area contributed by atoms with Gasteiger partial charge in [-0.15, -0.1) is 0 Å². The SMILES string of the molecule is CCOC(=O)OC1CCC(COCc2ccccc2)C1=O. The summed E-state index contributed by atoms with van der Waals surface area (Å²) in [6.45, 7) is 2.77. The maximum atomic E-state index is 12.1. The van der Waals surface area contributed by atoms with Crippen LogP contribution in [-0.4, -0.2) is 31.3 Å². The summed E-state index contributed by atoms with van der Waals surface area (Å²) in [5, 5.41) is 0. The Hall–Kier alpha value is -1.88. The number of benzene rings is 1. The van der Waals surface area contributed by atoms with Gasteiger partial charge in [-0.2, -0.15) is 0 Å². The van der Waals surface area contributed by atoms with Gasteiger partial charge in [-0.3, -0.25) is 4.79 Å². The lowest BCUT2D eigenvalue weighted by Crippen LogP contribution is -2.27. The topological polar surface area (TPSA) is 61.8 Å². The molecule has 0 N–H and O–H groups in total. The van der Waals surface area contributed by atoms with Gasteiger partial charge in [-0.1, -0.05) is 30.3 Å². The van der Waals surface area contributed by atoms with Crippen molar-refractivity contribution in [3.8, 4) is 0 Å². The molecule has 0 heterocycles. The van der Waals surface area contributed by atoms with Crippen molar-refractivity contribution in [2.24, 2.45) is 5.92 Å². The number of rotatable bonds is 6. The second-order valence-corrected chi connectivity index (χ2v) is 4.97. The van der Waals surface area contributed by atoms with Crippen LogP contribution in [0.5, 0.6) is 0 Å². The third-order valence-electron chi connectivity index (χ3n) is 3.43. The Morgan fingerprint density at radius 2 is 2.00 bits per heavy atom. The number of ketones is 1. The van der Waals surface area contributed by atoms with Crippen molar-refractivity contribution in [3.63, 3.8) is 0 Å². The van der Waals surface area contributed by atoms with E-state index >= 15 is 0 Å². The van der Waals surface area contributed by atoms with Crippen LogP contribution in [0.4, 0.5) is 4.79 Å².